The first-order chi connectivity index (χ1) is 10.3. The van der Waals surface area contributed by atoms with Crippen molar-refractivity contribution in [2.24, 2.45) is 5.73 Å². The maximum atomic E-state index is 13.1. The molecule has 2 unspecified atom stereocenters. The van der Waals surface area contributed by atoms with Gasteiger partial charge in [-0.25, -0.2) is 4.39 Å². The van der Waals surface area contributed by atoms with Crippen LogP contribution in [0.15, 0.2) is 48.8 Å². The van der Waals surface area contributed by atoms with Gasteiger partial charge in [-0.3, -0.25) is 9.88 Å². The van der Waals surface area contributed by atoms with Crippen molar-refractivity contribution >= 4 is 0 Å². The highest BCUT2D eigenvalue weighted by atomic mass is 19.1. The average molecular weight is 285 g/mol. The molecule has 0 amide bonds. The molecule has 110 valence electrons. The molecule has 3 rings (SSSR count). The maximum Gasteiger partial charge on any atom is 0.123 e. The predicted molar refractivity (Wildman–Crippen MR) is 81.1 cm³/mol. The normalized spacial score (nSPS) is 20.6. The molecule has 2 heterocycles. The molecule has 1 aromatic carbocycles. The highest BCUT2D eigenvalue weighted by Gasteiger charge is 2.31. The van der Waals surface area contributed by atoms with Crippen LogP contribution in [0.5, 0.6) is 0 Å². The van der Waals surface area contributed by atoms with Crippen molar-refractivity contribution in [2.75, 3.05) is 13.1 Å². The van der Waals surface area contributed by atoms with E-state index in [1.54, 1.807) is 0 Å². The SMILES string of the molecule is NCC(c1ccc(F)cc1)N1CCCC1c1ccncc1. The highest BCUT2D eigenvalue weighted by Crippen LogP contribution is 2.38. The molecule has 1 fully saturated rings. The Morgan fingerprint density at radius 1 is 1.19 bits per heavy atom. The second-order valence-corrected chi connectivity index (χ2v) is 5.48. The second-order valence-electron chi connectivity index (χ2n) is 5.48. The smallest absolute Gasteiger partial charge is 0.123 e. The number of rotatable bonds is 4. The highest BCUT2D eigenvalue weighted by molar-refractivity contribution is 5.23. The number of benzene rings is 1. The van der Waals surface area contributed by atoms with Gasteiger partial charge in [-0.1, -0.05) is 12.1 Å². The molecule has 0 radical (unpaired) electrons. The Morgan fingerprint density at radius 3 is 2.57 bits per heavy atom. The van der Waals surface area contributed by atoms with E-state index in [9.17, 15) is 4.39 Å². The number of halogens is 1. The summed E-state index contributed by atoms with van der Waals surface area (Å²) in [4.78, 5) is 6.52. The molecule has 2 N–H and O–H groups in total. The number of likely N-dealkylation sites (tertiary alicyclic amines) is 1. The van der Waals surface area contributed by atoms with E-state index in [-0.39, 0.29) is 11.9 Å². The van der Waals surface area contributed by atoms with E-state index in [4.69, 9.17) is 5.73 Å². The zero-order valence-corrected chi connectivity index (χ0v) is 12.0. The minimum atomic E-state index is -0.207. The Labute approximate surface area is 124 Å². The van der Waals surface area contributed by atoms with Crippen molar-refractivity contribution < 1.29 is 4.39 Å². The number of hydrogen-bond donors (Lipinski definition) is 1. The Balaban J connectivity index is 1.87. The molecule has 1 saturated heterocycles. The molecular formula is C17H20FN3. The number of pyridine rings is 1. The maximum absolute atomic E-state index is 13.1. The lowest BCUT2D eigenvalue weighted by atomic mass is 10.0. The summed E-state index contributed by atoms with van der Waals surface area (Å²) in [6, 6.07) is 11.3. The third kappa shape index (κ3) is 2.96. The van der Waals surface area contributed by atoms with Crippen LogP contribution in [0.2, 0.25) is 0 Å². The van der Waals surface area contributed by atoms with E-state index in [1.165, 1.54) is 17.7 Å². The van der Waals surface area contributed by atoms with Crippen LogP contribution in [0.3, 0.4) is 0 Å². The summed E-state index contributed by atoms with van der Waals surface area (Å²) in [6.45, 7) is 1.56. The second kappa shape index (κ2) is 6.33. The Bertz CT molecular complexity index is 570. The summed E-state index contributed by atoms with van der Waals surface area (Å²) >= 11 is 0. The summed E-state index contributed by atoms with van der Waals surface area (Å²) in [5.74, 6) is -0.207. The molecule has 21 heavy (non-hydrogen) atoms. The van der Waals surface area contributed by atoms with Gasteiger partial charge in [0.15, 0.2) is 0 Å². The van der Waals surface area contributed by atoms with Gasteiger partial charge in [0.2, 0.25) is 0 Å². The number of nitrogens with zero attached hydrogens (tertiary/aromatic N) is 2. The fourth-order valence-corrected chi connectivity index (χ4v) is 3.25. The molecule has 2 atom stereocenters. The number of hydrogen-bond acceptors (Lipinski definition) is 3. The molecular weight excluding hydrogens is 265 g/mol. The van der Waals surface area contributed by atoms with Crippen molar-refractivity contribution in [3.63, 3.8) is 0 Å². The predicted octanol–water partition coefficient (Wildman–Crippen LogP) is 3.06. The monoisotopic (exact) mass is 285 g/mol. The molecule has 0 bridgehead atoms. The Kier molecular flexibility index (Phi) is 4.27. The van der Waals surface area contributed by atoms with E-state index in [0.717, 1.165) is 24.9 Å². The lowest BCUT2D eigenvalue weighted by Crippen LogP contribution is -2.33. The third-order valence-electron chi connectivity index (χ3n) is 4.26. The summed E-state index contributed by atoms with van der Waals surface area (Å²) in [5, 5.41) is 0. The molecule has 0 spiro atoms. The first-order valence-corrected chi connectivity index (χ1v) is 7.41. The first kappa shape index (κ1) is 14.2. The van der Waals surface area contributed by atoms with Gasteiger partial charge in [-0.2, -0.15) is 0 Å². The van der Waals surface area contributed by atoms with E-state index in [2.05, 4.69) is 22.0 Å². The van der Waals surface area contributed by atoms with Gasteiger partial charge in [0, 0.05) is 31.0 Å². The van der Waals surface area contributed by atoms with Gasteiger partial charge in [0.1, 0.15) is 5.82 Å². The van der Waals surface area contributed by atoms with Gasteiger partial charge in [0.25, 0.3) is 0 Å². The molecule has 1 aromatic heterocycles. The van der Waals surface area contributed by atoms with Crippen molar-refractivity contribution in [1.29, 1.82) is 0 Å². The first-order valence-electron chi connectivity index (χ1n) is 7.41. The van der Waals surface area contributed by atoms with Gasteiger partial charge in [-0.15, -0.1) is 0 Å². The van der Waals surface area contributed by atoms with E-state index in [1.807, 2.05) is 24.5 Å². The van der Waals surface area contributed by atoms with Crippen LogP contribution in [0.1, 0.15) is 36.1 Å². The molecule has 2 aromatic rings. The van der Waals surface area contributed by atoms with Crippen LogP contribution in [0, 0.1) is 5.82 Å². The van der Waals surface area contributed by atoms with Crippen LogP contribution in [0.25, 0.3) is 0 Å². The van der Waals surface area contributed by atoms with Crippen molar-refractivity contribution in [1.82, 2.24) is 9.88 Å². The quantitative estimate of drug-likeness (QED) is 0.938. The molecule has 1 aliphatic heterocycles. The minimum absolute atomic E-state index is 0.131. The summed E-state index contributed by atoms with van der Waals surface area (Å²) in [5.41, 5.74) is 8.38. The van der Waals surface area contributed by atoms with Gasteiger partial charge >= 0.3 is 0 Å². The third-order valence-corrected chi connectivity index (χ3v) is 4.26. The van der Waals surface area contributed by atoms with Crippen LogP contribution >= 0.6 is 0 Å². The van der Waals surface area contributed by atoms with Gasteiger partial charge < -0.3 is 5.73 Å². The summed E-state index contributed by atoms with van der Waals surface area (Å²) in [6.07, 6.45) is 5.95. The molecule has 0 saturated carbocycles. The van der Waals surface area contributed by atoms with Gasteiger partial charge in [0.05, 0.1) is 0 Å². The number of nitrogens with two attached hydrogens (primary N) is 1. The van der Waals surface area contributed by atoms with Crippen molar-refractivity contribution in [3.8, 4) is 0 Å². The molecule has 0 aliphatic carbocycles. The van der Waals surface area contributed by atoms with Crippen molar-refractivity contribution in [3.05, 3.63) is 65.7 Å². The van der Waals surface area contributed by atoms with Crippen LogP contribution in [-0.4, -0.2) is 23.0 Å². The lowest BCUT2D eigenvalue weighted by Gasteiger charge is -2.33. The number of aromatic nitrogens is 1. The molecule has 1 aliphatic rings. The van der Waals surface area contributed by atoms with Crippen LogP contribution in [0.4, 0.5) is 4.39 Å². The summed E-state index contributed by atoms with van der Waals surface area (Å²) < 4.78 is 13.1. The van der Waals surface area contributed by atoms with E-state index in [0.29, 0.717) is 12.6 Å². The van der Waals surface area contributed by atoms with E-state index < -0.39 is 0 Å². The minimum Gasteiger partial charge on any atom is -0.329 e. The van der Waals surface area contributed by atoms with Crippen LogP contribution < -0.4 is 5.73 Å². The topological polar surface area (TPSA) is 42.1 Å². The fourth-order valence-electron chi connectivity index (χ4n) is 3.25. The Morgan fingerprint density at radius 2 is 1.90 bits per heavy atom. The largest absolute Gasteiger partial charge is 0.329 e. The standard InChI is InChI=1S/C17H20FN3/c18-15-5-3-13(4-6-15)17(12-19)21-11-1-2-16(21)14-7-9-20-10-8-14/h3-10,16-17H,1-2,11-12,19H2. The zero-order chi connectivity index (χ0) is 14.7. The zero-order valence-electron chi connectivity index (χ0n) is 12.0. The summed E-state index contributed by atoms with van der Waals surface area (Å²) in [7, 11) is 0. The van der Waals surface area contributed by atoms with E-state index >= 15 is 0 Å². The van der Waals surface area contributed by atoms with Gasteiger partial charge in [-0.05, 0) is 54.8 Å². The Hall–Kier alpha value is -1.78. The molecule has 4 heteroatoms. The lowest BCUT2D eigenvalue weighted by molar-refractivity contribution is 0.185. The molecule has 3 nitrogen and oxygen atoms in total. The van der Waals surface area contributed by atoms with Crippen LogP contribution in [-0.2, 0) is 0 Å². The average Bonchev–Trinajstić information content (AvgIpc) is 3.00. The van der Waals surface area contributed by atoms with Crippen molar-refractivity contribution in [2.45, 2.75) is 24.9 Å². The fraction of sp³-hybridized carbons (Fsp3) is 0.353.